The van der Waals surface area contributed by atoms with Gasteiger partial charge in [-0.15, -0.1) is 0 Å². The Morgan fingerprint density at radius 1 is 1.04 bits per heavy atom. The van der Waals surface area contributed by atoms with Crippen molar-refractivity contribution in [3.63, 3.8) is 0 Å². The number of unbranched alkanes of at least 4 members (excludes halogenated alkanes) is 1. The summed E-state index contributed by atoms with van der Waals surface area (Å²) in [6.45, 7) is 1.85. The first kappa shape index (κ1) is 20.6. The Labute approximate surface area is 163 Å². The number of nitrogens with one attached hydrogen (secondary N) is 2. The average molecular weight is 391 g/mol. The van der Waals surface area contributed by atoms with Gasteiger partial charge in [-0.05, 0) is 30.7 Å². The van der Waals surface area contributed by atoms with Crippen molar-refractivity contribution in [2.24, 2.45) is 0 Å². The van der Waals surface area contributed by atoms with Crippen LogP contribution < -0.4 is 20.1 Å². The van der Waals surface area contributed by atoms with E-state index < -0.39 is 0 Å². The van der Waals surface area contributed by atoms with Crippen molar-refractivity contribution in [2.75, 3.05) is 24.4 Å². The number of rotatable bonds is 9. The molecule has 0 aromatic heterocycles. The molecule has 0 heterocycles. The highest BCUT2D eigenvalue weighted by atomic mass is 35.5. The van der Waals surface area contributed by atoms with E-state index >= 15 is 0 Å². The van der Waals surface area contributed by atoms with Gasteiger partial charge in [0, 0.05) is 18.2 Å². The Balaban J connectivity index is 1.95. The highest BCUT2D eigenvalue weighted by molar-refractivity contribution is 6.32. The van der Waals surface area contributed by atoms with Crippen LogP contribution in [0.1, 0.15) is 26.2 Å². The summed E-state index contributed by atoms with van der Waals surface area (Å²) in [6.07, 6.45) is 2.23. The zero-order chi connectivity index (χ0) is 19.6. The molecule has 144 valence electrons. The van der Waals surface area contributed by atoms with Gasteiger partial charge in [0.2, 0.25) is 5.91 Å². The summed E-state index contributed by atoms with van der Waals surface area (Å²) >= 11 is 5.99. The Bertz CT molecular complexity index is 795. The molecule has 0 saturated heterocycles. The lowest BCUT2D eigenvalue weighted by Gasteiger charge is -2.13. The fourth-order valence-corrected chi connectivity index (χ4v) is 2.51. The molecule has 0 bridgehead atoms. The summed E-state index contributed by atoms with van der Waals surface area (Å²) in [7, 11) is 1.50. The first-order valence-corrected chi connectivity index (χ1v) is 9.06. The third-order valence-corrected chi connectivity index (χ3v) is 4.02. The van der Waals surface area contributed by atoms with Crippen molar-refractivity contribution in [1.82, 2.24) is 0 Å². The highest BCUT2D eigenvalue weighted by Crippen LogP contribution is 2.28. The van der Waals surface area contributed by atoms with Crippen LogP contribution in [0.25, 0.3) is 0 Å². The number of methoxy groups -OCH3 is 1. The largest absolute Gasteiger partial charge is 0.494 e. The lowest BCUT2D eigenvalue weighted by atomic mass is 10.2. The average Bonchev–Trinajstić information content (AvgIpc) is 2.67. The topological polar surface area (TPSA) is 76.7 Å². The Morgan fingerprint density at radius 3 is 2.52 bits per heavy atom. The smallest absolute Gasteiger partial charge is 0.262 e. The zero-order valence-corrected chi connectivity index (χ0v) is 16.1. The molecule has 0 unspecified atom stereocenters. The van der Waals surface area contributed by atoms with Gasteiger partial charge in [-0.25, -0.2) is 0 Å². The van der Waals surface area contributed by atoms with Crippen molar-refractivity contribution in [3.05, 3.63) is 47.5 Å². The van der Waals surface area contributed by atoms with Crippen molar-refractivity contribution in [2.45, 2.75) is 26.2 Å². The van der Waals surface area contributed by atoms with Crippen molar-refractivity contribution < 1.29 is 19.1 Å². The van der Waals surface area contributed by atoms with Crippen molar-refractivity contribution in [3.8, 4) is 11.5 Å². The van der Waals surface area contributed by atoms with Gasteiger partial charge in [-0.3, -0.25) is 9.59 Å². The summed E-state index contributed by atoms with van der Waals surface area (Å²) in [5.41, 5.74) is 1.09. The standard InChI is InChI=1S/C20H23ClN2O4/c1-3-4-9-19(24)23-16-11-10-14(12-18(16)26-2)22-20(25)13-27-17-8-6-5-7-15(17)21/h5-8,10-12H,3-4,9,13H2,1-2H3,(H,22,25)(H,23,24). The van der Waals surface area contributed by atoms with Gasteiger partial charge in [0.25, 0.3) is 5.91 Å². The summed E-state index contributed by atoms with van der Waals surface area (Å²) in [6, 6.07) is 11.9. The van der Waals surface area contributed by atoms with E-state index in [1.165, 1.54) is 7.11 Å². The van der Waals surface area contributed by atoms with Crippen LogP contribution in [0.3, 0.4) is 0 Å². The van der Waals surface area contributed by atoms with Crippen LogP contribution in [0.2, 0.25) is 5.02 Å². The number of carbonyl (C=O) groups is 2. The molecular formula is C20H23ClN2O4. The summed E-state index contributed by atoms with van der Waals surface area (Å²) in [5.74, 6) is 0.499. The predicted molar refractivity (Wildman–Crippen MR) is 107 cm³/mol. The van der Waals surface area contributed by atoms with Gasteiger partial charge in [0.1, 0.15) is 11.5 Å². The number of hydrogen-bond donors (Lipinski definition) is 2. The molecule has 6 nitrogen and oxygen atoms in total. The molecule has 2 amide bonds. The minimum absolute atomic E-state index is 0.0694. The molecular weight excluding hydrogens is 368 g/mol. The summed E-state index contributed by atoms with van der Waals surface area (Å²) in [5, 5.41) is 5.98. The molecule has 0 radical (unpaired) electrons. The second-order valence-corrected chi connectivity index (χ2v) is 6.24. The van der Waals surface area contributed by atoms with E-state index in [0.29, 0.717) is 34.3 Å². The number of halogens is 1. The van der Waals surface area contributed by atoms with Crippen molar-refractivity contribution >= 4 is 34.8 Å². The molecule has 0 aliphatic rings. The van der Waals surface area contributed by atoms with E-state index in [2.05, 4.69) is 10.6 Å². The van der Waals surface area contributed by atoms with Gasteiger partial charge in [0.15, 0.2) is 6.61 Å². The van der Waals surface area contributed by atoms with E-state index in [-0.39, 0.29) is 18.4 Å². The zero-order valence-electron chi connectivity index (χ0n) is 15.4. The molecule has 0 fully saturated rings. The monoisotopic (exact) mass is 390 g/mol. The van der Waals surface area contributed by atoms with E-state index in [9.17, 15) is 9.59 Å². The molecule has 2 aromatic rings. The molecule has 0 aliphatic heterocycles. The summed E-state index contributed by atoms with van der Waals surface area (Å²) in [4.78, 5) is 24.0. The van der Waals surface area contributed by atoms with Gasteiger partial charge >= 0.3 is 0 Å². The lowest BCUT2D eigenvalue weighted by molar-refractivity contribution is -0.118. The van der Waals surface area contributed by atoms with Gasteiger partial charge in [-0.2, -0.15) is 0 Å². The van der Waals surface area contributed by atoms with Crippen LogP contribution in [-0.4, -0.2) is 25.5 Å². The van der Waals surface area contributed by atoms with Crippen LogP contribution >= 0.6 is 11.6 Å². The van der Waals surface area contributed by atoms with Crippen LogP contribution in [0.15, 0.2) is 42.5 Å². The Kier molecular flexibility index (Phi) is 7.95. The minimum Gasteiger partial charge on any atom is -0.494 e. The quantitative estimate of drug-likeness (QED) is 0.661. The van der Waals surface area contributed by atoms with E-state index in [1.807, 2.05) is 6.92 Å². The lowest BCUT2D eigenvalue weighted by Crippen LogP contribution is -2.20. The fourth-order valence-electron chi connectivity index (χ4n) is 2.32. The van der Waals surface area contributed by atoms with Gasteiger partial charge < -0.3 is 20.1 Å². The van der Waals surface area contributed by atoms with Gasteiger partial charge in [0.05, 0.1) is 17.8 Å². The first-order chi connectivity index (χ1) is 13.0. The van der Waals surface area contributed by atoms with E-state index in [4.69, 9.17) is 21.1 Å². The number of ether oxygens (including phenoxy) is 2. The van der Waals surface area contributed by atoms with Crippen LogP contribution in [-0.2, 0) is 9.59 Å². The van der Waals surface area contributed by atoms with Crippen LogP contribution in [0.5, 0.6) is 11.5 Å². The highest BCUT2D eigenvalue weighted by Gasteiger charge is 2.11. The SMILES string of the molecule is CCCCC(=O)Nc1ccc(NC(=O)COc2ccccc2Cl)cc1OC. The molecule has 0 spiro atoms. The molecule has 0 aliphatic carbocycles. The van der Waals surface area contributed by atoms with Crippen molar-refractivity contribution in [1.29, 1.82) is 0 Å². The molecule has 0 atom stereocenters. The van der Waals surface area contributed by atoms with E-state index in [1.54, 1.807) is 42.5 Å². The minimum atomic E-state index is -0.336. The maximum Gasteiger partial charge on any atom is 0.262 e. The van der Waals surface area contributed by atoms with Crippen LogP contribution in [0.4, 0.5) is 11.4 Å². The second-order valence-electron chi connectivity index (χ2n) is 5.83. The third-order valence-electron chi connectivity index (χ3n) is 3.71. The predicted octanol–water partition coefficient (Wildman–Crippen LogP) is 4.49. The number of benzene rings is 2. The molecule has 2 N–H and O–H groups in total. The molecule has 2 rings (SSSR count). The number of amides is 2. The third kappa shape index (κ3) is 6.49. The number of para-hydroxylation sites is 1. The number of hydrogen-bond acceptors (Lipinski definition) is 4. The second kappa shape index (κ2) is 10.4. The Morgan fingerprint density at radius 2 is 1.81 bits per heavy atom. The van der Waals surface area contributed by atoms with Gasteiger partial charge in [-0.1, -0.05) is 37.1 Å². The normalized spacial score (nSPS) is 10.2. The molecule has 7 heteroatoms. The number of anilines is 2. The molecule has 0 saturated carbocycles. The fraction of sp³-hybridized carbons (Fsp3) is 0.300. The summed E-state index contributed by atoms with van der Waals surface area (Å²) < 4.78 is 10.7. The Hall–Kier alpha value is -2.73. The van der Waals surface area contributed by atoms with Crippen LogP contribution in [0, 0.1) is 0 Å². The number of carbonyl (C=O) groups excluding carboxylic acids is 2. The maximum absolute atomic E-state index is 12.1. The molecule has 2 aromatic carbocycles. The van der Waals surface area contributed by atoms with E-state index in [0.717, 1.165) is 12.8 Å². The first-order valence-electron chi connectivity index (χ1n) is 8.68. The maximum atomic E-state index is 12.1. The molecule has 27 heavy (non-hydrogen) atoms.